The predicted molar refractivity (Wildman–Crippen MR) is 141 cm³/mol. The summed E-state index contributed by atoms with van der Waals surface area (Å²) in [4.78, 5) is 44.7. The van der Waals surface area contributed by atoms with Crippen molar-refractivity contribution in [2.45, 2.75) is 25.4 Å². The maximum absolute atomic E-state index is 11.9. The highest BCUT2D eigenvalue weighted by molar-refractivity contribution is 7.23. The Morgan fingerprint density at radius 1 is 1.14 bits per heavy atom. The van der Waals surface area contributed by atoms with E-state index in [0.717, 1.165) is 27.1 Å². The van der Waals surface area contributed by atoms with Crippen molar-refractivity contribution < 1.29 is 19.8 Å². The lowest BCUT2D eigenvalue weighted by atomic mass is 9.92. The van der Waals surface area contributed by atoms with Crippen LogP contribution in [-0.2, 0) is 4.79 Å². The number of rotatable bonds is 6. The topological polar surface area (TPSA) is 159 Å². The predicted octanol–water partition coefficient (Wildman–Crippen LogP) is 3.14. The van der Waals surface area contributed by atoms with E-state index in [1.54, 1.807) is 18.6 Å². The quantitative estimate of drug-likeness (QED) is 0.348. The van der Waals surface area contributed by atoms with Gasteiger partial charge < -0.3 is 20.8 Å². The summed E-state index contributed by atoms with van der Waals surface area (Å²) in [7, 11) is 0. The lowest BCUT2D eigenvalue weighted by molar-refractivity contribution is -0.160. The minimum atomic E-state index is -1.71. The van der Waals surface area contributed by atoms with Crippen molar-refractivity contribution in [1.82, 2.24) is 19.9 Å². The van der Waals surface area contributed by atoms with Crippen molar-refractivity contribution in [3.63, 3.8) is 0 Å². The maximum atomic E-state index is 11.9. The van der Waals surface area contributed by atoms with Crippen molar-refractivity contribution >= 4 is 44.6 Å². The highest BCUT2D eigenvalue weighted by atomic mass is 32.1. The summed E-state index contributed by atoms with van der Waals surface area (Å²) >= 11 is 1.38. The molecule has 0 unspecified atom stereocenters. The molecular formula is C25H25N7O4S. The third kappa shape index (κ3) is 4.68. The normalized spacial score (nSPS) is 15.0. The summed E-state index contributed by atoms with van der Waals surface area (Å²) in [5.41, 5.74) is 7.77. The number of pyridine rings is 1. The molecule has 1 saturated heterocycles. The van der Waals surface area contributed by atoms with Crippen LogP contribution in [0, 0.1) is 0 Å². The Hall–Kier alpha value is -4.16. The van der Waals surface area contributed by atoms with Gasteiger partial charge in [0, 0.05) is 62.2 Å². The van der Waals surface area contributed by atoms with Crippen molar-refractivity contribution in [3.8, 4) is 22.4 Å². The Morgan fingerprint density at radius 2 is 1.86 bits per heavy atom. The molecule has 37 heavy (non-hydrogen) atoms. The van der Waals surface area contributed by atoms with Gasteiger partial charge >= 0.3 is 12.0 Å². The average molecular weight is 520 g/mol. The van der Waals surface area contributed by atoms with E-state index in [-0.39, 0.29) is 12.8 Å². The van der Waals surface area contributed by atoms with Gasteiger partial charge in [-0.25, -0.2) is 24.5 Å². The fraction of sp³-hybridized carbons (Fsp3) is 0.280. The summed E-state index contributed by atoms with van der Waals surface area (Å²) in [6.45, 7) is 2.92. The van der Waals surface area contributed by atoms with E-state index >= 15 is 0 Å². The molecule has 3 aromatic heterocycles. The van der Waals surface area contributed by atoms with Gasteiger partial charge in [0.15, 0.2) is 10.7 Å². The maximum Gasteiger partial charge on any atom is 0.335 e. The monoisotopic (exact) mass is 519 g/mol. The van der Waals surface area contributed by atoms with Crippen LogP contribution in [0.2, 0.25) is 0 Å². The number of nitrogens with zero attached hydrogens (tertiary/aromatic N) is 6. The van der Waals surface area contributed by atoms with Crippen LogP contribution in [0.1, 0.15) is 19.8 Å². The lowest BCUT2D eigenvalue weighted by Crippen LogP contribution is -2.49. The van der Waals surface area contributed by atoms with Gasteiger partial charge in [-0.1, -0.05) is 17.4 Å². The SMILES string of the molecule is CCN(C(N)=O)c1nc2cc(-c3cnc(N4CCC(O)(C(=O)O)CC4)nc3)cc(-c3ccccn3)c2s1. The summed E-state index contributed by atoms with van der Waals surface area (Å²) in [6.07, 6.45) is 5.34. The van der Waals surface area contributed by atoms with Crippen LogP contribution < -0.4 is 15.5 Å². The standard InChI is InChI=1S/C25H25N7O4S/c1-2-32(22(26)35)24-30-19-12-15(11-17(20(19)37-24)18-5-3-4-8-27-18)16-13-28-23(29-14-16)31-9-6-25(36,7-10-31)21(33)34/h3-5,8,11-14,36H,2,6-7,9-10H2,1H3,(H2,26,35)(H,33,34). The van der Waals surface area contributed by atoms with Gasteiger partial charge in [-0.15, -0.1) is 0 Å². The van der Waals surface area contributed by atoms with Gasteiger partial charge in [-0.2, -0.15) is 0 Å². The molecule has 0 aliphatic carbocycles. The molecule has 1 aliphatic rings. The second-order valence-corrected chi connectivity index (χ2v) is 9.74. The molecule has 1 fully saturated rings. The second kappa shape index (κ2) is 9.71. The molecule has 5 rings (SSSR count). The number of aromatic nitrogens is 4. The molecule has 11 nitrogen and oxygen atoms in total. The Morgan fingerprint density at radius 3 is 2.46 bits per heavy atom. The Kier molecular flexibility index (Phi) is 6.44. The Bertz CT molecular complexity index is 1450. The van der Waals surface area contributed by atoms with Crippen LogP contribution >= 0.6 is 11.3 Å². The molecule has 0 bridgehead atoms. The number of primary amides is 1. The molecule has 4 N–H and O–H groups in total. The van der Waals surface area contributed by atoms with Gasteiger partial charge in [0.05, 0.1) is 15.9 Å². The number of hydrogen-bond acceptors (Lipinski definition) is 9. The minimum Gasteiger partial charge on any atom is -0.479 e. The first-order valence-electron chi connectivity index (χ1n) is 11.7. The van der Waals surface area contributed by atoms with Gasteiger partial charge in [0.1, 0.15) is 0 Å². The number of nitrogens with two attached hydrogens (primary N) is 1. The third-order valence-electron chi connectivity index (χ3n) is 6.48. The number of carboxylic acids is 1. The Balaban J connectivity index is 1.50. The zero-order chi connectivity index (χ0) is 26.2. The molecule has 1 aliphatic heterocycles. The van der Waals surface area contributed by atoms with Crippen molar-refractivity contribution in [1.29, 1.82) is 0 Å². The van der Waals surface area contributed by atoms with Gasteiger partial charge in [-0.05, 0) is 36.8 Å². The summed E-state index contributed by atoms with van der Waals surface area (Å²) in [6, 6.07) is 9.02. The van der Waals surface area contributed by atoms with Crippen LogP contribution in [0.4, 0.5) is 15.9 Å². The number of thiazole rings is 1. The van der Waals surface area contributed by atoms with E-state index in [9.17, 15) is 19.8 Å². The number of aliphatic hydroxyl groups is 1. The number of carbonyl (C=O) groups is 2. The number of carbonyl (C=O) groups excluding carboxylic acids is 1. The van der Waals surface area contributed by atoms with E-state index in [0.29, 0.717) is 36.2 Å². The molecular weight excluding hydrogens is 494 g/mol. The zero-order valence-electron chi connectivity index (χ0n) is 20.0. The van der Waals surface area contributed by atoms with Crippen molar-refractivity contribution in [3.05, 3.63) is 48.9 Å². The molecule has 0 atom stereocenters. The molecule has 2 amide bonds. The smallest absolute Gasteiger partial charge is 0.335 e. The highest BCUT2D eigenvalue weighted by Gasteiger charge is 2.39. The number of amides is 2. The molecule has 190 valence electrons. The van der Waals surface area contributed by atoms with Crippen LogP contribution in [0.15, 0.2) is 48.9 Å². The van der Waals surface area contributed by atoms with Gasteiger partial charge in [0.25, 0.3) is 0 Å². The average Bonchev–Trinajstić information content (AvgIpc) is 3.33. The second-order valence-electron chi connectivity index (χ2n) is 8.76. The molecule has 1 aromatic carbocycles. The molecule has 4 aromatic rings. The fourth-order valence-electron chi connectivity index (χ4n) is 4.32. The number of carboxylic acid groups (broad SMARTS) is 1. The number of piperidine rings is 1. The first-order chi connectivity index (χ1) is 17.8. The Labute approximate surface area is 216 Å². The number of aliphatic carboxylic acids is 1. The summed E-state index contributed by atoms with van der Waals surface area (Å²) < 4.78 is 0.883. The van der Waals surface area contributed by atoms with E-state index in [1.807, 2.05) is 42.2 Å². The third-order valence-corrected chi connectivity index (χ3v) is 7.60. The van der Waals surface area contributed by atoms with E-state index in [4.69, 9.17) is 10.7 Å². The molecule has 12 heteroatoms. The van der Waals surface area contributed by atoms with Crippen LogP contribution in [0.5, 0.6) is 0 Å². The van der Waals surface area contributed by atoms with E-state index < -0.39 is 17.6 Å². The molecule has 0 radical (unpaired) electrons. The minimum absolute atomic E-state index is 0.101. The number of hydrogen-bond donors (Lipinski definition) is 3. The van der Waals surface area contributed by atoms with E-state index in [1.165, 1.54) is 16.2 Å². The zero-order valence-corrected chi connectivity index (χ0v) is 20.9. The van der Waals surface area contributed by atoms with Crippen molar-refractivity contribution in [2.75, 3.05) is 29.4 Å². The number of benzene rings is 1. The lowest BCUT2D eigenvalue weighted by Gasteiger charge is -2.35. The van der Waals surface area contributed by atoms with Crippen molar-refractivity contribution in [2.24, 2.45) is 5.73 Å². The molecule has 0 saturated carbocycles. The van der Waals surface area contributed by atoms with Crippen LogP contribution in [0.25, 0.3) is 32.6 Å². The first-order valence-corrected chi connectivity index (χ1v) is 12.6. The first kappa shape index (κ1) is 24.5. The number of fused-ring (bicyclic) bond motifs is 1. The largest absolute Gasteiger partial charge is 0.479 e. The summed E-state index contributed by atoms with van der Waals surface area (Å²) in [5, 5.41) is 19.9. The molecule has 4 heterocycles. The molecule has 0 spiro atoms. The van der Waals surface area contributed by atoms with E-state index in [2.05, 4.69) is 15.0 Å². The number of anilines is 2. The highest BCUT2D eigenvalue weighted by Crippen LogP contribution is 2.39. The van der Waals surface area contributed by atoms with Gasteiger partial charge in [-0.3, -0.25) is 9.88 Å². The van der Waals surface area contributed by atoms with Crippen LogP contribution in [-0.4, -0.2) is 67.4 Å². The van der Waals surface area contributed by atoms with Gasteiger partial charge in [0.2, 0.25) is 5.95 Å². The van der Waals surface area contributed by atoms with Crippen LogP contribution in [0.3, 0.4) is 0 Å². The summed E-state index contributed by atoms with van der Waals surface area (Å²) in [5.74, 6) is -0.733. The number of urea groups is 1. The fourth-order valence-corrected chi connectivity index (χ4v) is 5.46.